The minimum Gasteiger partial charge on any atom is -0.495 e. The Balaban J connectivity index is 1.48. The van der Waals surface area contributed by atoms with Gasteiger partial charge in [-0.3, -0.25) is 9.69 Å². The van der Waals surface area contributed by atoms with E-state index in [4.69, 9.17) is 9.84 Å². The van der Waals surface area contributed by atoms with E-state index in [1.165, 1.54) is 12.8 Å². The maximum Gasteiger partial charge on any atom is 0.319 e. The Bertz CT molecular complexity index is 669. The van der Waals surface area contributed by atoms with Crippen LogP contribution in [-0.2, 0) is 4.79 Å². The predicted molar refractivity (Wildman–Crippen MR) is 98.6 cm³/mol. The van der Waals surface area contributed by atoms with Gasteiger partial charge >= 0.3 is 12.0 Å². The molecular formula is C19H27N3O4. The maximum absolute atomic E-state index is 12.3. The lowest BCUT2D eigenvalue weighted by Gasteiger charge is -2.42. The zero-order chi connectivity index (χ0) is 18.7. The lowest BCUT2D eigenvalue weighted by molar-refractivity contribution is -0.139. The number of hydrogen-bond acceptors (Lipinski definition) is 4. The molecule has 142 valence electrons. The van der Waals surface area contributed by atoms with Crippen molar-refractivity contribution in [3.63, 3.8) is 0 Å². The number of urea groups is 1. The number of aliphatic carboxylic acids is 1. The Kier molecular flexibility index (Phi) is 5.66. The number of ether oxygens (including phenoxy) is 1. The third-order valence-electron chi connectivity index (χ3n) is 5.10. The van der Waals surface area contributed by atoms with Crippen LogP contribution in [-0.4, -0.2) is 54.3 Å². The summed E-state index contributed by atoms with van der Waals surface area (Å²) in [5.41, 5.74) is 1.68. The summed E-state index contributed by atoms with van der Waals surface area (Å²) in [5.74, 6) is 0.485. The first-order valence-electron chi connectivity index (χ1n) is 9.12. The Hall–Kier alpha value is -2.28. The van der Waals surface area contributed by atoms with Crippen LogP contribution in [0.15, 0.2) is 18.2 Å². The number of aryl methyl sites for hydroxylation is 1. The number of methoxy groups -OCH3 is 1. The fraction of sp³-hybridized carbons (Fsp3) is 0.579. The van der Waals surface area contributed by atoms with E-state index in [2.05, 4.69) is 15.5 Å². The number of nitrogens with one attached hydrogen (secondary N) is 2. The third-order valence-corrected chi connectivity index (χ3v) is 5.10. The Morgan fingerprint density at radius 2 is 2.04 bits per heavy atom. The number of anilines is 1. The van der Waals surface area contributed by atoms with Crippen LogP contribution in [0.3, 0.4) is 0 Å². The number of nitrogens with zero attached hydrogens (tertiary/aromatic N) is 1. The Morgan fingerprint density at radius 3 is 2.65 bits per heavy atom. The van der Waals surface area contributed by atoms with Gasteiger partial charge in [-0.25, -0.2) is 4.79 Å². The lowest BCUT2D eigenvalue weighted by Crippen LogP contribution is -2.55. The minimum atomic E-state index is -0.786. The summed E-state index contributed by atoms with van der Waals surface area (Å²) in [6, 6.07) is 5.68. The summed E-state index contributed by atoms with van der Waals surface area (Å²) >= 11 is 0. The van der Waals surface area contributed by atoms with E-state index in [1.54, 1.807) is 7.11 Å². The molecule has 26 heavy (non-hydrogen) atoms. The SMILES string of the molecule is COc1ccc(C)cc1NC(=O)NC1CC(N(CC(=O)O)CC2CC2)C1. The van der Waals surface area contributed by atoms with E-state index >= 15 is 0 Å². The van der Waals surface area contributed by atoms with E-state index in [0.717, 1.165) is 24.9 Å². The lowest BCUT2D eigenvalue weighted by atomic mass is 9.85. The largest absolute Gasteiger partial charge is 0.495 e. The first-order valence-corrected chi connectivity index (χ1v) is 9.12. The van der Waals surface area contributed by atoms with Crippen LogP contribution < -0.4 is 15.4 Å². The van der Waals surface area contributed by atoms with Crippen LogP contribution in [0.1, 0.15) is 31.2 Å². The van der Waals surface area contributed by atoms with Crippen LogP contribution in [0.5, 0.6) is 5.75 Å². The zero-order valence-electron chi connectivity index (χ0n) is 15.3. The number of amides is 2. The van der Waals surface area contributed by atoms with Gasteiger partial charge in [0.25, 0.3) is 0 Å². The number of rotatable bonds is 8. The highest BCUT2D eigenvalue weighted by Gasteiger charge is 2.37. The van der Waals surface area contributed by atoms with E-state index in [-0.39, 0.29) is 24.7 Å². The molecule has 0 aromatic heterocycles. The number of carboxylic acid groups (broad SMARTS) is 1. The van der Waals surface area contributed by atoms with Crippen molar-refractivity contribution in [2.24, 2.45) is 5.92 Å². The van der Waals surface area contributed by atoms with Gasteiger partial charge in [0, 0.05) is 18.6 Å². The molecule has 0 heterocycles. The maximum atomic E-state index is 12.3. The number of carboxylic acids is 1. The smallest absolute Gasteiger partial charge is 0.319 e. The quantitative estimate of drug-likeness (QED) is 0.662. The van der Waals surface area contributed by atoms with Gasteiger partial charge in [-0.15, -0.1) is 0 Å². The van der Waals surface area contributed by atoms with Gasteiger partial charge in [-0.05, 0) is 56.2 Å². The average molecular weight is 361 g/mol. The van der Waals surface area contributed by atoms with Gasteiger partial charge in [0.1, 0.15) is 5.75 Å². The number of hydrogen-bond donors (Lipinski definition) is 3. The summed E-state index contributed by atoms with van der Waals surface area (Å²) in [6.45, 7) is 2.90. The normalized spacial score (nSPS) is 21.8. The van der Waals surface area contributed by atoms with Gasteiger partial charge in [-0.2, -0.15) is 0 Å². The van der Waals surface area contributed by atoms with Gasteiger partial charge in [0.2, 0.25) is 0 Å². The minimum absolute atomic E-state index is 0.0753. The monoisotopic (exact) mass is 361 g/mol. The van der Waals surface area contributed by atoms with Crippen molar-refractivity contribution in [2.75, 3.05) is 25.5 Å². The fourth-order valence-corrected chi connectivity index (χ4v) is 3.42. The molecule has 0 bridgehead atoms. The number of carbonyl (C=O) groups is 2. The summed E-state index contributed by atoms with van der Waals surface area (Å²) in [7, 11) is 1.57. The van der Waals surface area contributed by atoms with Crippen molar-refractivity contribution in [1.82, 2.24) is 10.2 Å². The molecule has 0 spiro atoms. The summed E-state index contributed by atoms with van der Waals surface area (Å²) in [6.07, 6.45) is 3.98. The number of benzene rings is 1. The molecule has 0 aliphatic heterocycles. The molecule has 7 nitrogen and oxygen atoms in total. The van der Waals surface area contributed by atoms with Crippen molar-refractivity contribution in [2.45, 2.75) is 44.7 Å². The van der Waals surface area contributed by atoms with Crippen molar-refractivity contribution >= 4 is 17.7 Å². The Labute approximate surface area is 153 Å². The topological polar surface area (TPSA) is 90.9 Å². The number of carbonyl (C=O) groups excluding carboxylic acids is 1. The fourth-order valence-electron chi connectivity index (χ4n) is 3.42. The van der Waals surface area contributed by atoms with Crippen LogP contribution in [0.25, 0.3) is 0 Å². The van der Waals surface area contributed by atoms with Crippen molar-refractivity contribution in [3.8, 4) is 5.75 Å². The molecule has 0 unspecified atom stereocenters. The summed E-state index contributed by atoms with van der Waals surface area (Å²) in [4.78, 5) is 25.4. The summed E-state index contributed by atoms with van der Waals surface area (Å²) in [5, 5.41) is 14.9. The highest BCUT2D eigenvalue weighted by atomic mass is 16.5. The van der Waals surface area contributed by atoms with E-state index < -0.39 is 5.97 Å². The van der Waals surface area contributed by atoms with E-state index in [9.17, 15) is 9.59 Å². The van der Waals surface area contributed by atoms with Gasteiger partial charge in [-0.1, -0.05) is 6.07 Å². The first kappa shape index (κ1) is 18.5. The molecule has 2 aliphatic carbocycles. The summed E-state index contributed by atoms with van der Waals surface area (Å²) < 4.78 is 5.27. The van der Waals surface area contributed by atoms with Gasteiger partial charge < -0.3 is 20.5 Å². The van der Waals surface area contributed by atoms with Crippen molar-refractivity contribution in [1.29, 1.82) is 0 Å². The van der Waals surface area contributed by atoms with Gasteiger partial charge in [0.15, 0.2) is 0 Å². The molecule has 2 amide bonds. The molecule has 0 radical (unpaired) electrons. The van der Waals surface area contributed by atoms with Crippen LogP contribution in [0, 0.1) is 12.8 Å². The second-order valence-corrected chi connectivity index (χ2v) is 7.39. The zero-order valence-corrected chi connectivity index (χ0v) is 15.3. The molecule has 1 aromatic rings. The van der Waals surface area contributed by atoms with Crippen LogP contribution in [0.4, 0.5) is 10.5 Å². The molecule has 2 saturated carbocycles. The standard InChI is InChI=1S/C19H27N3O4/c1-12-3-6-17(26-2)16(7-12)21-19(25)20-14-8-15(9-14)22(11-18(23)24)10-13-4-5-13/h3,6-7,13-15H,4-5,8-11H2,1-2H3,(H,23,24)(H2,20,21,25). The molecule has 0 atom stereocenters. The van der Waals surface area contributed by atoms with Crippen molar-refractivity contribution < 1.29 is 19.4 Å². The highest BCUT2D eigenvalue weighted by Crippen LogP contribution is 2.34. The second-order valence-electron chi connectivity index (χ2n) is 7.39. The van der Waals surface area contributed by atoms with Crippen LogP contribution >= 0.6 is 0 Å². The molecule has 3 N–H and O–H groups in total. The predicted octanol–water partition coefficient (Wildman–Crippen LogP) is 2.45. The molecule has 2 fully saturated rings. The van der Waals surface area contributed by atoms with Crippen LogP contribution in [0.2, 0.25) is 0 Å². The molecule has 7 heteroatoms. The first-order chi connectivity index (χ1) is 12.4. The highest BCUT2D eigenvalue weighted by molar-refractivity contribution is 5.91. The van der Waals surface area contributed by atoms with E-state index in [1.807, 2.05) is 25.1 Å². The molecule has 1 aromatic carbocycles. The molecule has 2 aliphatic rings. The van der Waals surface area contributed by atoms with E-state index in [0.29, 0.717) is 17.4 Å². The third kappa shape index (κ3) is 4.88. The molecule has 3 rings (SSSR count). The molecular weight excluding hydrogens is 334 g/mol. The van der Waals surface area contributed by atoms with Crippen molar-refractivity contribution in [3.05, 3.63) is 23.8 Å². The average Bonchev–Trinajstić information content (AvgIpc) is 3.33. The molecule has 0 saturated heterocycles. The Morgan fingerprint density at radius 1 is 1.31 bits per heavy atom. The van der Waals surface area contributed by atoms with Gasteiger partial charge in [0.05, 0.1) is 19.3 Å². The second kappa shape index (κ2) is 7.95.